The number of nitriles is 1. The fourth-order valence-corrected chi connectivity index (χ4v) is 1.74. The number of benzene rings is 1. The van der Waals surface area contributed by atoms with Gasteiger partial charge in [0.05, 0.1) is 12.5 Å². The van der Waals surface area contributed by atoms with Crippen molar-refractivity contribution in [2.45, 2.75) is 26.3 Å². The number of rotatable bonds is 2. The van der Waals surface area contributed by atoms with E-state index in [1.54, 1.807) is 12.1 Å². The molecular formula is C11H15ClN2O. The number of hydrogen-bond acceptors (Lipinski definition) is 3. The summed E-state index contributed by atoms with van der Waals surface area (Å²) in [4.78, 5) is 0. The van der Waals surface area contributed by atoms with Crippen LogP contribution in [0, 0.1) is 25.2 Å². The van der Waals surface area contributed by atoms with Gasteiger partial charge in [-0.1, -0.05) is 0 Å². The molecule has 0 amide bonds. The smallest absolute Gasteiger partial charge is 0.116 e. The molecule has 0 bridgehead atoms. The van der Waals surface area contributed by atoms with E-state index in [4.69, 9.17) is 11.0 Å². The van der Waals surface area contributed by atoms with Crippen molar-refractivity contribution in [3.05, 3.63) is 28.8 Å². The number of halogens is 1. The van der Waals surface area contributed by atoms with Gasteiger partial charge in [-0.3, -0.25) is 0 Å². The van der Waals surface area contributed by atoms with Crippen molar-refractivity contribution in [3.8, 4) is 11.8 Å². The Kier molecular flexibility index (Phi) is 5.13. The summed E-state index contributed by atoms with van der Waals surface area (Å²) in [6.07, 6.45) is 0.298. The number of phenolic OH excluding ortho intramolecular Hbond substituents is 1. The van der Waals surface area contributed by atoms with Crippen molar-refractivity contribution in [1.29, 1.82) is 5.26 Å². The monoisotopic (exact) mass is 226 g/mol. The molecule has 4 heteroatoms. The minimum Gasteiger partial charge on any atom is -0.508 e. The zero-order chi connectivity index (χ0) is 10.7. The maximum atomic E-state index is 9.32. The van der Waals surface area contributed by atoms with Gasteiger partial charge >= 0.3 is 0 Å². The molecule has 3 nitrogen and oxygen atoms in total. The van der Waals surface area contributed by atoms with Gasteiger partial charge in [-0.25, -0.2) is 0 Å². The maximum absolute atomic E-state index is 9.32. The summed E-state index contributed by atoms with van der Waals surface area (Å²) in [5, 5.41) is 17.9. The first kappa shape index (κ1) is 13.8. The van der Waals surface area contributed by atoms with Gasteiger partial charge in [0.1, 0.15) is 5.75 Å². The molecule has 1 aromatic rings. The first-order valence-corrected chi connectivity index (χ1v) is 4.49. The highest BCUT2D eigenvalue weighted by atomic mass is 35.5. The van der Waals surface area contributed by atoms with Crippen LogP contribution in [-0.2, 0) is 0 Å². The molecule has 1 aromatic carbocycles. The summed E-state index contributed by atoms with van der Waals surface area (Å²) in [5.41, 5.74) is 8.69. The molecule has 0 unspecified atom stereocenters. The number of phenols is 1. The van der Waals surface area contributed by atoms with E-state index < -0.39 is 0 Å². The Morgan fingerprint density at radius 3 is 2.27 bits per heavy atom. The van der Waals surface area contributed by atoms with Crippen molar-refractivity contribution in [2.24, 2.45) is 5.73 Å². The van der Waals surface area contributed by atoms with Crippen LogP contribution in [0.25, 0.3) is 0 Å². The quantitative estimate of drug-likeness (QED) is 0.813. The molecule has 3 N–H and O–H groups in total. The Labute approximate surface area is 95.9 Å². The van der Waals surface area contributed by atoms with Crippen LogP contribution < -0.4 is 5.73 Å². The average molecular weight is 227 g/mol. The van der Waals surface area contributed by atoms with E-state index in [0.29, 0.717) is 6.42 Å². The molecule has 15 heavy (non-hydrogen) atoms. The molecule has 82 valence electrons. The van der Waals surface area contributed by atoms with Crippen LogP contribution in [0.3, 0.4) is 0 Å². The fourth-order valence-electron chi connectivity index (χ4n) is 1.74. The van der Waals surface area contributed by atoms with Crippen LogP contribution in [-0.4, -0.2) is 5.11 Å². The summed E-state index contributed by atoms with van der Waals surface area (Å²) >= 11 is 0. The summed E-state index contributed by atoms with van der Waals surface area (Å²) in [5.74, 6) is 0.243. The van der Waals surface area contributed by atoms with Gasteiger partial charge in [0.15, 0.2) is 0 Å². The fraction of sp³-hybridized carbons (Fsp3) is 0.364. The van der Waals surface area contributed by atoms with Crippen molar-refractivity contribution >= 4 is 12.4 Å². The predicted molar refractivity (Wildman–Crippen MR) is 62.0 cm³/mol. The zero-order valence-corrected chi connectivity index (χ0v) is 9.64. The molecule has 0 aliphatic carbocycles. The first-order chi connectivity index (χ1) is 6.56. The molecule has 0 saturated carbocycles. The van der Waals surface area contributed by atoms with Crippen LogP contribution >= 0.6 is 12.4 Å². The third-order valence-electron chi connectivity index (χ3n) is 2.26. The van der Waals surface area contributed by atoms with Crippen molar-refractivity contribution < 1.29 is 5.11 Å². The minimum atomic E-state index is -0.263. The Morgan fingerprint density at radius 1 is 1.40 bits per heavy atom. The highest BCUT2D eigenvalue weighted by Gasteiger charge is 2.12. The third kappa shape index (κ3) is 3.12. The van der Waals surface area contributed by atoms with Crippen molar-refractivity contribution in [2.75, 3.05) is 0 Å². The van der Waals surface area contributed by atoms with Gasteiger partial charge in [0.25, 0.3) is 0 Å². The molecule has 0 fully saturated rings. The number of hydrogen-bond donors (Lipinski definition) is 2. The molecule has 0 aliphatic heterocycles. The van der Waals surface area contributed by atoms with E-state index in [0.717, 1.165) is 16.7 Å². The molecule has 0 saturated heterocycles. The largest absolute Gasteiger partial charge is 0.508 e. The maximum Gasteiger partial charge on any atom is 0.116 e. The van der Waals surface area contributed by atoms with Crippen LogP contribution in [0.1, 0.15) is 29.2 Å². The molecule has 0 aliphatic rings. The molecule has 0 heterocycles. The SMILES string of the molecule is Cc1cc(O)cc(C)c1[C@@H](N)CC#N.Cl. The summed E-state index contributed by atoms with van der Waals surface area (Å²) in [6, 6.07) is 5.12. The van der Waals surface area contributed by atoms with Gasteiger partial charge in [0, 0.05) is 6.04 Å². The molecule has 1 rings (SSSR count). The second-order valence-electron chi connectivity index (χ2n) is 3.46. The van der Waals surface area contributed by atoms with E-state index in [1.807, 2.05) is 19.9 Å². The van der Waals surface area contributed by atoms with Gasteiger partial charge in [0.2, 0.25) is 0 Å². The summed E-state index contributed by atoms with van der Waals surface area (Å²) in [6.45, 7) is 3.78. The minimum absolute atomic E-state index is 0. The van der Waals surface area contributed by atoms with Crippen LogP contribution in [0.15, 0.2) is 12.1 Å². The second-order valence-corrected chi connectivity index (χ2v) is 3.46. The first-order valence-electron chi connectivity index (χ1n) is 4.49. The number of nitrogens with zero attached hydrogens (tertiary/aromatic N) is 1. The van der Waals surface area contributed by atoms with Crippen LogP contribution in [0.2, 0.25) is 0 Å². The molecule has 0 aromatic heterocycles. The second kappa shape index (κ2) is 5.59. The Balaban J connectivity index is 0.00000196. The van der Waals surface area contributed by atoms with Gasteiger partial charge in [-0.15, -0.1) is 12.4 Å². The Bertz CT molecular complexity index is 362. The lowest BCUT2D eigenvalue weighted by molar-refractivity contribution is 0.473. The normalized spacial score (nSPS) is 11.3. The Hall–Kier alpha value is -1.24. The molecule has 0 spiro atoms. The van der Waals surface area contributed by atoms with E-state index >= 15 is 0 Å². The standard InChI is InChI=1S/C11H14N2O.ClH/c1-7-5-9(14)6-8(2)11(7)10(13)3-4-12;/h5-6,10,14H,3,13H2,1-2H3;1H/t10-;/m0./s1. The highest BCUT2D eigenvalue weighted by molar-refractivity contribution is 5.85. The third-order valence-corrected chi connectivity index (χ3v) is 2.26. The zero-order valence-electron chi connectivity index (χ0n) is 8.82. The van der Waals surface area contributed by atoms with Gasteiger partial charge in [-0.05, 0) is 42.7 Å². The lowest BCUT2D eigenvalue weighted by atomic mass is 9.95. The number of aryl methyl sites for hydroxylation is 2. The number of nitrogens with two attached hydrogens (primary N) is 1. The van der Waals surface area contributed by atoms with E-state index in [1.165, 1.54) is 0 Å². The summed E-state index contributed by atoms with van der Waals surface area (Å²) in [7, 11) is 0. The van der Waals surface area contributed by atoms with E-state index in [9.17, 15) is 5.11 Å². The molecular weight excluding hydrogens is 212 g/mol. The van der Waals surface area contributed by atoms with E-state index in [2.05, 4.69) is 0 Å². The number of aromatic hydroxyl groups is 1. The van der Waals surface area contributed by atoms with Crippen LogP contribution in [0.4, 0.5) is 0 Å². The molecule has 1 atom stereocenters. The van der Waals surface area contributed by atoms with Gasteiger partial charge in [-0.2, -0.15) is 5.26 Å². The highest BCUT2D eigenvalue weighted by Crippen LogP contribution is 2.26. The van der Waals surface area contributed by atoms with Gasteiger partial charge < -0.3 is 10.8 Å². The lowest BCUT2D eigenvalue weighted by Gasteiger charge is -2.15. The predicted octanol–water partition coefficient (Wildman–Crippen LogP) is 2.34. The van der Waals surface area contributed by atoms with Crippen molar-refractivity contribution in [1.82, 2.24) is 0 Å². The lowest BCUT2D eigenvalue weighted by Crippen LogP contribution is -2.12. The van der Waals surface area contributed by atoms with Crippen LogP contribution in [0.5, 0.6) is 5.75 Å². The summed E-state index contributed by atoms with van der Waals surface area (Å²) < 4.78 is 0. The Morgan fingerprint density at radius 2 is 1.87 bits per heavy atom. The van der Waals surface area contributed by atoms with E-state index in [-0.39, 0.29) is 24.2 Å². The molecule has 0 radical (unpaired) electrons. The average Bonchev–Trinajstić information content (AvgIpc) is 2.01. The topological polar surface area (TPSA) is 70.0 Å². The van der Waals surface area contributed by atoms with Crippen molar-refractivity contribution in [3.63, 3.8) is 0 Å².